The highest BCUT2D eigenvalue weighted by atomic mass is 35.5. The molecule has 0 aliphatic heterocycles. The summed E-state index contributed by atoms with van der Waals surface area (Å²) in [5.74, 6) is -0.0137. The Morgan fingerprint density at radius 1 is 1.29 bits per heavy atom. The number of hydrogen-bond acceptors (Lipinski definition) is 4. The van der Waals surface area contributed by atoms with Crippen molar-refractivity contribution in [1.29, 1.82) is 0 Å². The van der Waals surface area contributed by atoms with Crippen molar-refractivity contribution >= 4 is 52.1 Å². The van der Waals surface area contributed by atoms with Gasteiger partial charge in [-0.15, -0.1) is 0 Å². The summed E-state index contributed by atoms with van der Waals surface area (Å²) < 4.78 is 35.9. The van der Waals surface area contributed by atoms with Crippen molar-refractivity contribution in [2.45, 2.75) is 20.0 Å². The van der Waals surface area contributed by atoms with Crippen molar-refractivity contribution in [3.8, 4) is 22.9 Å². The molecule has 0 aliphatic carbocycles. The van der Waals surface area contributed by atoms with Crippen LogP contribution in [0.4, 0.5) is 8.78 Å². The van der Waals surface area contributed by atoms with E-state index in [1.165, 1.54) is 19.2 Å². The second kappa shape index (κ2) is 7.82. The van der Waals surface area contributed by atoms with Gasteiger partial charge in [-0.1, -0.05) is 41.7 Å². The first-order valence-electron chi connectivity index (χ1n) is 6.62. The normalized spacial score (nSPS) is 11.0. The Hall–Kier alpha value is -1.15. The van der Waals surface area contributed by atoms with Gasteiger partial charge in [-0.3, -0.25) is 0 Å². The van der Waals surface area contributed by atoms with E-state index in [1.807, 2.05) is 6.92 Å². The average Bonchev–Trinajstić information content (AvgIpc) is 2.77. The highest BCUT2D eigenvalue weighted by Gasteiger charge is 2.23. The van der Waals surface area contributed by atoms with Gasteiger partial charge in [0.25, 0.3) is 0 Å². The zero-order valence-corrected chi connectivity index (χ0v) is 15.5. The molecule has 0 aliphatic rings. The van der Waals surface area contributed by atoms with Crippen LogP contribution in [0.25, 0.3) is 11.3 Å². The number of halogens is 5. The largest absolute Gasteiger partial charge is 0.449 e. The quantitative estimate of drug-likeness (QED) is 0.581. The van der Waals surface area contributed by atoms with Crippen LogP contribution < -0.4 is 9.47 Å². The summed E-state index contributed by atoms with van der Waals surface area (Å²) in [6, 6.07) is 2.93. The smallest absolute Gasteiger partial charge is 0.388 e. The molecule has 2 rings (SSSR count). The minimum atomic E-state index is -3.03. The average molecular weight is 416 g/mol. The van der Waals surface area contributed by atoms with Gasteiger partial charge in [0, 0.05) is 19.0 Å². The van der Waals surface area contributed by atoms with Crippen LogP contribution in [0.1, 0.15) is 13.3 Å². The molecule has 0 atom stereocenters. The van der Waals surface area contributed by atoms with Gasteiger partial charge in [-0.2, -0.15) is 13.9 Å². The summed E-state index contributed by atoms with van der Waals surface area (Å²) >= 11 is 23.4. The van der Waals surface area contributed by atoms with Crippen LogP contribution in [0.3, 0.4) is 0 Å². The minimum Gasteiger partial charge on any atom is -0.449 e. The lowest BCUT2D eigenvalue weighted by Gasteiger charge is -2.10. The summed E-state index contributed by atoms with van der Waals surface area (Å²) in [4.78, 5) is 0. The van der Waals surface area contributed by atoms with E-state index in [4.69, 9.17) is 51.8 Å². The molecule has 130 valence electrons. The molecule has 2 aromatic rings. The second-order valence-electron chi connectivity index (χ2n) is 4.56. The van der Waals surface area contributed by atoms with Crippen LogP contribution in [-0.2, 0) is 7.05 Å². The van der Waals surface area contributed by atoms with E-state index >= 15 is 0 Å². The van der Waals surface area contributed by atoms with Crippen molar-refractivity contribution in [3.63, 3.8) is 0 Å². The van der Waals surface area contributed by atoms with Gasteiger partial charge in [0.1, 0.15) is 16.5 Å². The lowest BCUT2D eigenvalue weighted by molar-refractivity contribution is -0.0552. The number of ether oxygens (including phenoxy) is 2. The summed E-state index contributed by atoms with van der Waals surface area (Å²) in [6.45, 7) is -1.20. The van der Waals surface area contributed by atoms with E-state index in [1.54, 1.807) is 0 Å². The molecule has 24 heavy (non-hydrogen) atoms. The van der Waals surface area contributed by atoms with Crippen molar-refractivity contribution < 1.29 is 18.3 Å². The van der Waals surface area contributed by atoms with E-state index in [9.17, 15) is 8.78 Å². The topological polar surface area (TPSA) is 36.3 Å². The fourth-order valence-corrected chi connectivity index (χ4v) is 2.76. The Labute approximate surface area is 157 Å². The third kappa shape index (κ3) is 4.08. The Morgan fingerprint density at radius 3 is 2.54 bits per heavy atom. The zero-order valence-electron chi connectivity index (χ0n) is 12.4. The molecule has 0 saturated carbocycles. The lowest BCUT2D eigenvalue weighted by atomic mass is 10.1. The molecule has 10 heteroatoms. The molecular weight excluding hydrogens is 405 g/mol. The number of benzene rings is 1. The van der Waals surface area contributed by atoms with Gasteiger partial charge in [-0.25, -0.2) is 4.68 Å². The zero-order chi connectivity index (χ0) is 18.0. The first-order valence-corrected chi connectivity index (χ1v) is 8.16. The maximum atomic E-state index is 12.5. The molecule has 0 radical (unpaired) electrons. The standard InChI is InChI=1S/C14H11Cl3F2N2O2S/c1-3-10(24)22-9-4-6(7(15)5-8(9)16)12-11(17)13(21(2)20-12)23-14(18)19/h4-5,14H,3H2,1-2H3. The molecule has 0 bridgehead atoms. The molecule has 1 heterocycles. The second-order valence-corrected chi connectivity index (χ2v) is 6.21. The Balaban J connectivity index is 2.52. The Bertz CT molecular complexity index is 784. The van der Waals surface area contributed by atoms with E-state index < -0.39 is 6.61 Å². The molecule has 0 amide bonds. The van der Waals surface area contributed by atoms with Crippen LogP contribution in [0.15, 0.2) is 12.1 Å². The first kappa shape index (κ1) is 19.2. The molecule has 0 unspecified atom stereocenters. The highest BCUT2D eigenvalue weighted by molar-refractivity contribution is 7.80. The molecule has 0 fully saturated rings. The highest BCUT2D eigenvalue weighted by Crippen LogP contribution is 2.42. The Morgan fingerprint density at radius 2 is 1.96 bits per heavy atom. The number of hydrogen-bond donors (Lipinski definition) is 0. The predicted octanol–water partition coefficient (Wildman–Crippen LogP) is 5.76. The van der Waals surface area contributed by atoms with E-state index in [2.05, 4.69) is 9.84 Å². The molecule has 4 nitrogen and oxygen atoms in total. The molecule has 1 aromatic heterocycles. The summed E-state index contributed by atoms with van der Waals surface area (Å²) in [7, 11) is 1.42. The number of alkyl halides is 2. The predicted molar refractivity (Wildman–Crippen MR) is 93.8 cm³/mol. The van der Waals surface area contributed by atoms with Crippen molar-refractivity contribution in [1.82, 2.24) is 9.78 Å². The maximum Gasteiger partial charge on any atom is 0.388 e. The first-order chi connectivity index (χ1) is 11.2. The molecule has 0 N–H and O–H groups in total. The van der Waals surface area contributed by atoms with E-state index in [0.717, 1.165) is 4.68 Å². The summed E-state index contributed by atoms with van der Waals surface area (Å²) in [5, 5.41) is 4.77. The third-order valence-corrected chi connectivity index (χ3v) is 4.25. The lowest BCUT2D eigenvalue weighted by Crippen LogP contribution is -2.06. The van der Waals surface area contributed by atoms with E-state index in [0.29, 0.717) is 17.0 Å². The van der Waals surface area contributed by atoms with Crippen LogP contribution in [0, 0.1) is 0 Å². The monoisotopic (exact) mass is 414 g/mol. The molecule has 0 spiro atoms. The van der Waals surface area contributed by atoms with Crippen molar-refractivity contribution in [2.75, 3.05) is 0 Å². The number of rotatable bonds is 5. The van der Waals surface area contributed by atoms with Gasteiger partial charge < -0.3 is 9.47 Å². The van der Waals surface area contributed by atoms with Gasteiger partial charge in [0.2, 0.25) is 5.88 Å². The van der Waals surface area contributed by atoms with Crippen LogP contribution >= 0.6 is 47.0 Å². The summed E-state index contributed by atoms with van der Waals surface area (Å²) in [5.41, 5.74) is 0.503. The SMILES string of the molecule is CCC(=S)Oc1cc(-c2nn(C)c(OC(F)F)c2Cl)c(Cl)cc1Cl. The van der Waals surface area contributed by atoms with Crippen molar-refractivity contribution in [2.24, 2.45) is 7.05 Å². The van der Waals surface area contributed by atoms with E-state index in [-0.39, 0.29) is 32.4 Å². The van der Waals surface area contributed by atoms with Crippen LogP contribution in [0.2, 0.25) is 15.1 Å². The molecule has 0 saturated heterocycles. The number of aromatic nitrogens is 2. The number of aryl methyl sites for hydroxylation is 1. The van der Waals surface area contributed by atoms with Gasteiger partial charge >= 0.3 is 6.61 Å². The number of nitrogens with zero attached hydrogens (tertiary/aromatic N) is 2. The fourth-order valence-electron chi connectivity index (χ4n) is 1.85. The maximum absolute atomic E-state index is 12.5. The number of thiocarbonyl (C=S) groups is 1. The van der Waals surface area contributed by atoms with Gasteiger partial charge in [-0.05, 0) is 24.4 Å². The fraction of sp³-hybridized carbons (Fsp3) is 0.286. The van der Waals surface area contributed by atoms with Crippen LogP contribution in [-0.4, -0.2) is 21.4 Å². The van der Waals surface area contributed by atoms with Gasteiger partial charge in [0.05, 0.1) is 10.0 Å². The minimum absolute atomic E-state index is 0.106. The molecule has 1 aromatic carbocycles. The van der Waals surface area contributed by atoms with Crippen LogP contribution in [0.5, 0.6) is 11.6 Å². The van der Waals surface area contributed by atoms with Gasteiger partial charge in [0.15, 0.2) is 5.05 Å². The summed E-state index contributed by atoms with van der Waals surface area (Å²) in [6.07, 6.45) is 0.514. The molecular formula is C14H11Cl3F2N2O2S. The Kier molecular flexibility index (Phi) is 6.25. The third-order valence-electron chi connectivity index (χ3n) is 2.93. The van der Waals surface area contributed by atoms with Crippen molar-refractivity contribution in [3.05, 3.63) is 27.2 Å².